The largest absolute Gasteiger partial charge is 0.356 e. The van der Waals surface area contributed by atoms with Gasteiger partial charge in [0.25, 0.3) is 0 Å². The average Bonchev–Trinajstić information content (AvgIpc) is 2.16. The van der Waals surface area contributed by atoms with Crippen molar-refractivity contribution in [2.45, 2.75) is 33.1 Å². The number of piperidine rings is 1. The normalized spacial score (nSPS) is 43.0. The smallest absolute Gasteiger partial charge is 0.226 e. The van der Waals surface area contributed by atoms with Crippen LogP contribution in [0.1, 0.15) is 33.1 Å². The molecule has 14 heavy (non-hydrogen) atoms. The van der Waals surface area contributed by atoms with Crippen molar-refractivity contribution in [1.82, 2.24) is 5.32 Å². The molecule has 1 heterocycles. The molecule has 3 unspecified atom stereocenters. The van der Waals surface area contributed by atoms with Gasteiger partial charge in [-0.25, -0.2) is 0 Å². The molecule has 3 nitrogen and oxygen atoms in total. The molecule has 1 aliphatic carbocycles. The molecule has 0 aromatic heterocycles. The molecule has 2 aliphatic rings. The van der Waals surface area contributed by atoms with Gasteiger partial charge in [0.05, 0.1) is 5.41 Å². The van der Waals surface area contributed by atoms with Gasteiger partial charge in [-0.05, 0) is 18.8 Å². The van der Waals surface area contributed by atoms with Crippen LogP contribution in [0.4, 0.5) is 0 Å². The molecule has 3 atom stereocenters. The van der Waals surface area contributed by atoms with Crippen LogP contribution in [0.2, 0.25) is 0 Å². The predicted octanol–water partition coefficient (Wildman–Crippen LogP) is 1.13. The second-order valence-corrected chi connectivity index (χ2v) is 4.82. The minimum absolute atomic E-state index is 0.0693. The molecule has 2 fully saturated rings. The summed E-state index contributed by atoms with van der Waals surface area (Å²) in [4.78, 5) is 23.3. The van der Waals surface area contributed by atoms with Gasteiger partial charge in [-0.1, -0.05) is 13.8 Å². The molecule has 0 spiro atoms. The molecule has 3 heteroatoms. The number of carbonyl (C=O) groups excluding carboxylic acids is 2. The highest BCUT2D eigenvalue weighted by molar-refractivity contribution is 5.89. The first kappa shape index (κ1) is 9.69. The van der Waals surface area contributed by atoms with Gasteiger partial charge in [-0.15, -0.1) is 0 Å². The molecule has 1 saturated carbocycles. The van der Waals surface area contributed by atoms with Crippen molar-refractivity contribution in [1.29, 1.82) is 0 Å². The maximum atomic E-state index is 11.8. The number of amides is 1. The first-order chi connectivity index (χ1) is 6.55. The fraction of sp³-hybridized carbons (Fsp3) is 0.818. The summed E-state index contributed by atoms with van der Waals surface area (Å²) >= 11 is 0. The van der Waals surface area contributed by atoms with Crippen LogP contribution in [-0.2, 0) is 9.59 Å². The summed E-state index contributed by atoms with van der Waals surface area (Å²) in [5.74, 6) is 0.813. The molecule has 0 aromatic rings. The molecule has 2 rings (SSSR count). The molecule has 0 radical (unpaired) electrons. The van der Waals surface area contributed by atoms with Crippen LogP contribution in [0, 0.1) is 17.3 Å². The quantitative estimate of drug-likeness (QED) is 0.629. The van der Waals surface area contributed by atoms with E-state index in [1.807, 2.05) is 13.8 Å². The van der Waals surface area contributed by atoms with Gasteiger partial charge in [0, 0.05) is 18.9 Å². The second-order valence-electron chi connectivity index (χ2n) is 4.82. The van der Waals surface area contributed by atoms with Crippen molar-refractivity contribution in [2.24, 2.45) is 17.3 Å². The first-order valence-electron chi connectivity index (χ1n) is 5.37. The standard InChI is InChI=1S/C11H17NO2/c1-7-8-4-6-12-10(14)11(8,2)5-3-9(7)13/h7-8H,3-6H2,1-2H3,(H,12,14). The lowest BCUT2D eigenvalue weighted by molar-refractivity contribution is -0.146. The van der Waals surface area contributed by atoms with Crippen LogP contribution < -0.4 is 5.32 Å². The van der Waals surface area contributed by atoms with Crippen molar-refractivity contribution in [2.75, 3.05) is 6.54 Å². The van der Waals surface area contributed by atoms with Crippen molar-refractivity contribution >= 4 is 11.7 Å². The minimum atomic E-state index is -0.286. The Morgan fingerprint density at radius 3 is 2.86 bits per heavy atom. The van der Waals surface area contributed by atoms with Crippen molar-refractivity contribution in [3.05, 3.63) is 0 Å². The van der Waals surface area contributed by atoms with E-state index in [-0.39, 0.29) is 23.2 Å². The molecule has 1 saturated heterocycles. The SMILES string of the molecule is CC1C(=O)CCC2(C)C(=O)NCCC12. The number of ketones is 1. The van der Waals surface area contributed by atoms with E-state index in [2.05, 4.69) is 5.32 Å². The molecule has 1 aliphatic heterocycles. The van der Waals surface area contributed by atoms with Crippen LogP contribution in [-0.4, -0.2) is 18.2 Å². The van der Waals surface area contributed by atoms with E-state index in [1.165, 1.54) is 0 Å². The van der Waals surface area contributed by atoms with Crippen molar-refractivity contribution < 1.29 is 9.59 Å². The Labute approximate surface area is 84.2 Å². The van der Waals surface area contributed by atoms with Crippen LogP contribution in [0.3, 0.4) is 0 Å². The molecule has 0 aromatic carbocycles. The zero-order valence-corrected chi connectivity index (χ0v) is 8.80. The number of carbonyl (C=O) groups is 2. The maximum absolute atomic E-state index is 11.8. The van der Waals surface area contributed by atoms with E-state index in [0.29, 0.717) is 12.2 Å². The lowest BCUT2D eigenvalue weighted by Gasteiger charge is -2.46. The second kappa shape index (κ2) is 3.07. The molecular weight excluding hydrogens is 178 g/mol. The average molecular weight is 195 g/mol. The number of rotatable bonds is 0. The van der Waals surface area contributed by atoms with E-state index in [4.69, 9.17) is 0 Å². The topological polar surface area (TPSA) is 46.2 Å². The number of hydrogen-bond donors (Lipinski definition) is 1. The summed E-state index contributed by atoms with van der Waals surface area (Å²) in [5.41, 5.74) is -0.286. The highest BCUT2D eigenvalue weighted by Crippen LogP contribution is 2.46. The zero-order chi connectivity index (χ0) is 10.3. The van der Waals surface area contributed by atoms with Crippen LogP contribution >= 0.6 is 0 Å². The van der Waals surface area contributed by atoms with Gasteiger partial charge in [0.2, 0.25) is 5.91 Å². The Bertz CT molecular complexity index is 287. The minimum Gasteiger partial charge on any atom is -0.356 e. The van der Waals surface area contributed by atoms with Gasteiger partial charge in [-0.2, -0.15) is 0 Å². The van der Waals surface area contributed by atoms with E-state index in [9.17, 15) is 9.59 Å². The molecule has 78 valence electrons. The Morgan fingerprint density at radius 1 is 1.43 bits per heavy atom. The Morgan fingerprint density at radius 2 is 2.14 bits per heavy atom. The summed E-state index contributed by atoms with van der Waals surface area (Å²) in [6, 6.07) is 0. The van der Waals surface area contributed by atoms with E-state index in [0.717, 1.165) is 19.4 Å². The van der Waals surface area contributed by atoms with E-state index in [1.54, 1.807) is 0 Å². The van der Waals surface area contributed by atoms with Crippen LogP contribution in [0.15, 0.2) is 0 Å². The Kier molecular flexibility index (Phi) is 2.13. The predicted molar refractivity (Wildman–Crippen MR) is 52.6 cm³/mol. The fourth-order valence-corrected chi connectivity index (χ4v) is 2.97. The Hall–Kier alpha value is -0.860. The van der Waals surface area contributed by atoms with Gasteiger partial charge in [0.1, 0.15) is 5.78 Å². The van der Waals surface area contributed by atoms with Crippen molar-refractivity contribution in [3.63, 3.8) is 0 Å². The molecular formula is C11H17NO2. The summed E-state index contributed by atoms with van der Waals surface area (Å²) in [6.45, 7) is 4.72. The molecule has 0 bridgehead atoms. The number of nitrogens with one attached hydrogen (secondary N) is 1. The van der Waals surface area contributed by atoms with Crippen LogP contribution in [0.25, 0.3) is 0 Å². The van der Waals surface area contributed by atoms with Crippen molar-refractivity contribution in [3.8, 4) is 0 Å². The summed E-state index contributed by atoms with van der Waals surface area (Å²) < 4.78 is 0. The maximum Gasteiger partial charge on any atom is 0.226 e. The number of Topliss-reactive ketones (excluding diaryl/α,β-unsaturated/α-hetero) is 1. The van der Waals surface area contributed by atoms with E-state index >= 15 is 0 Å². The molecule has 1 amide bonds. The fourth-order valence-electron chi connectivity index (χ4n) is 2.97. The van der Waals surface area contributed by atoms with Gasteiger partial charge >= 0.3 is 0 Å². The lowest BCUT2D eigenvalue weighted by Crippen LogP contribution is -2.55. The Balaban J connectivity index is 2.30. The third-order valence-electron chi connectivity index (χ3n) is 4.08. The van der Waals surface area contributed by atoms with E-state index < -0.39 is 0 Å². The zero-order valence-electron chi connectivity index (χ0n) is 8.80. The number of fused-ring (bicyclic) bond motifs is 1. The first-order valence-corrected chi connectivity index (χ1v) is 5.37. The third kappa shape index (κ3) is 1.18. The molecule has 1 N–H and O–H groups in total. The summed E-state index contributed by atoms with van der Waals surface area (Å²) in [5, 5.41) is 2.91. The van der Waals surface area contributed by atoms with Gasteiger partial charge < -0.3 is 5.32 Å². The summed E-state index contributed by atoms with van der Waals surface area (Å²) in [6.07, 6.45) is 2.25. The highest BCUT2D eigenvalue weighted by Gasteiger charge is 2.50. The third-order valence-corrected chi connectivity index (χ3v) is 4.08. The van der Waals surface area contributed by atoms with Crippen LogP contribution in [0.5, 0.6) is 0 Å². The lowest BCUT2D eigenvalue weighted by atomic mass is 9.59. The van der Waals surface area contributed by atoms with Gasteiger partial charge in [0.15, 0.2) is 0 Å². The monoisotopic (exact) mass is 195 g/mol. The number of hydrogen-bond acceptors (Lipinski definition) is 2. The highest BCUT2D eigenvalue weighted by atomic mass is 16.2. The van der Waals surface area contributed by atoms with Gasteiger partial charge in [-0.3, -0.25) is 9.59 Å². The summed E-state index contributed by atoms with van der Waals surface area (Å²) in [7, 11) is 0.